The highest BCUT2D eigenvalue weighted by molar-refractivity contribution is 5.93. The number of nitrogens with one attached hydrogen (secondary N) is 1. The fourth-order valence-corrected chi connectivity index (χ4v) is 2.39. The second-order valence-corrected chi connectivity index (χ2v) is 6.22. The number of ether oxygens (including phenoxy) is 3. The summed E-state index contributed by atoms with van der Waals surface area (Å²) in [6.45, 7) is 5.56. The van der Waals surface area contributed by atoms with Gasteiger partial charge in [-0.25, -0.2) is 4.79 Å². The maximum Gasteiger partial charge on any atom is 0.338 e. The van der Waals surface area contributed by atoms with Crippen molar-refractivity contribution in [2.24, 2.45) is 0 Å². The van der Waals surface area contributed by atoms with Crippen molar-refractivity contribution in [3.05, 3.63) is 59.7 Å². The van der Waals surface area contributed by atoms with Crippen LogP contribution in [0.1, 0.15) is 35.7 Å². The molecule has 28 heavy (non-hydrogen) atoms. The normalized spacial score (nSPS) is 10.4. The molecule has 2 aromatic carbocycles. The number of carbonyl (C=O) groups excluding carboxylic acids is 2. The molecule has 0 spiro atoms. The number of benzene rings is 2. The van der Waals surface area contributed by atoms with Crippen LogP contribution in [0, 0.1) is 6.92 Å². The smallest absolute Gasteiger partial charge is 0.338 e. The van der Waals surface area contributed by atoms with Gasteiger partial charge in [0.25, 0.3) is 0 Å². The van der Waals surface area contributed by atoms with E-state index in [2.05, 4.69) is 5.32 Å². The molecule has 0 unspecified atom stereocenters. The van der Waals surface area contributed by atoms with Crippen LogP contribution in [-0.2, 0) is 14.3 Å². The first-order valence-corrected chi connectivity index (χ1v) is 9.42. The maximum absolute atomic E-state index is 12.0. The number of hydrogen-bond acceptors (Lipinski definition) is 5. The Balaban J connectivity index is 1.67. The maximum atomic E-state index is 12.0. The fraction of sp³-hybridized carbons (Fsp3) is 0.364. The molecule has 0 aliphatic rings. The summed E-state index contributed by atoms with van der Waals surface area (Å²) in [7, 11) is 0. The molecule has 0 atom stereocenters. The highest BCUT2D eigenvalue weighted by atomic mass is 16.6. The van der Waals surface area contributed by atoms with E-state index in [0.29, 0.717) is 43.9 Å². The molecule has 0 saturated heterocycles. The van der Waals surface area contributed by atoms with Crippen LogP contribution in [0.25, 0.3) is 0 Å². The van der Waals surface area contributed by atoms with E-state index in [4.69, 9.17) is 14.2 Å². The van der Waals surface area contributed by atoms with Gasteiger partial charge in [-0.15, -0.1) is 0 Å². The molecule has 0 aromatic heterocycles. The average Bonchev–Trinajstić information content (AvgIpc) is 2.70. The lowest BCUT2D eigenvalue weighted by Crippen LogP contribution is -2.13. The summed E-state index contributed by atoms with van der Waals surface area (Å²) >= 11 is 0. The summed E-state index contributed by atoms with van der Waals surface area (Å²) in [6.07, 6.45) is 0.969. The third-order valence-corrected chi connectivity index (χ3v) is 3.91. The molecule has 6 nitrogen and oxygen atoms in total. The van der Waals surface area contributed by atoms with Crippen molar-refractivity contribution in [3.8, 4) is 5.75 Å². The first kappa shape index (κ1) is 21.4. The quantitative estimate of drug-likeness (QED) is 0.468. The molecule has 0 bridgehead atoms. The van der Waals surface area contributed by atoms with Gasteiger partial charge in [-0.05, 0) is 56.7 Å². The molecule has 0 saturated carbocycles. The van der Waals surface area contributed by atoms with Crippen molar-refractivity contribution in [1.82, 2.24) is 0 Å². The third-order valence-electron chi connectivity index (χ3n) is 3.91. The van der Waals surface area contributed by atoms with Crippen molar-refractivity contribution >= 4 is 17.6 Å². The van der Waals surface area contributed by atoms with Crippen molar-refractivity contribution in [1.29, 1.82) is 0 Å². The molecule has 2 rings (SSSR count). The van der Waals surface area contributed by atoms with Crippen LogP contribution in [-0.4, -0.2) is 38.3 Å². The second kappa shape index (κ2) is 11.8. The second-order valence-electron chi connectivity index (χ2n) is 6.22. The summed E-state index contributed by atoms with van der Waals surface area (Å²) < 4.78 is 15.8. The van der Waals surface area contributed by atoms with Gasteiger partial charge < -0.3 is 19.5 Å². The van der Waals surface area contributed by atoms with Gasteiger partial charge in [-0.3, -0.25) is 4.79 Å². The van der Waals surface area contributed by atoms with E-state index in [1.165, 1.54) is 5.56 Å². The van der Waals surface area contributed by atoms with Crippen LogP contribution in [0.2, 0.25) is 0 Å². The van der Waals surface area contributed by atoms with Crippen LogP contribution in [0.5, 0.6) is 5.75 Å². The Morgan fingerprint density at radius 1 is 0.929 bits per heavy atom. The Morgan fingerprint density at radius 2 is 1.64 bits per heavy atom. The van der Waals surface area contributed by atoms with Gasteiger partial charge in [0.05, 0.1) is 18.8 Å². The number of amides is 1. The summed E-state index contributed by atoms with van der Waals surface area (Å²) in [5, 5.41) is 2.81. The van der Waals surface area contributed by atoms with Crippen molar-refractivity contribution in [3.63, 3.8) is 0 Å². The van der Waals surface area contributed by atoms with Gasteiger partial charge in [0.2, 0.25) is 5.91 Å². The van der Waals surface area contributed by atoms with Gasteiger partial charge in [-0.2, -0.15) is 0 Å². The molecule has 0 fully saturated rings. The van der Waals surface area contributed by atoms with Crippen LogP contribution < -0.4 is 10.1 Å². The molecule has 6 heteroatoms. The number of aryl methyl sites for hydroxylation is 1. The highest BCUT2D eigenvalue weighted by Gasteiger charge is 2.08. The Hall–Kier alpha value is -2.86. The molecule has 1 amide bonds. The Kier molecular flexibility index (Phi) is 9.01. The zero-order valence-electron chi connectivity index (χ0n) is 16.4. The molecule has 0 aliphatic heterocycles. The molecule has 2 aromatic rings. The van der Waals surface area contributed by atoms with E-state index >= 15 is 0 Å². The average molecular weight is 385 g/mol. The Bertz CT molecular complexity index is 741. The lowest BCUT2D eigenvalue weighted by atomic mass is 10.2. The molecule has 0 aliphatic carbocycles. The Labute approximate surface area is 165 Å². The topological polar surface area (TPSA) is 73.9 Å². The standard InChI is InChI=1S/C22H27NO5/c1-3-26-15-16-28-22(25)18-8-10-19(11-9-18)23-21(24)5-4-14-27-20-12-6-17(2)7-13-20/h6-13H,3-5,14-16H2,1-2H3,(H,23,24). The number of anilines is 1. The van der Waals surface area contributed by atoms with Crippen LogP contribution in [0.4, 0.5) is 5.69 Å². The summed E-state index contributed by atoms with van der Waals surface area (Å²) in [6, 6.07) is 14.4. The molecular formula is C22H27NO5. The van der Waals surface area contributed by atoms with E-state index in [0.717, 1.165) is 5.75 Å². The number of esters is 1. The monoisotopic (exact) mass is 385 g/mol. The predicted molar refractivity (Wildman–Crippen MR) is 108 cm³/mol. The minimum atomic E-state index is -0.411. The Morgan fingerprint density at radius 3 is 2.32 bits per heavy atom. The lowest BCUT2D eigenvalue weighted by Gasteiger charge is -2.08. The molecule has 0 radical (unpaired) electrons. The van der Waals surface area contributed by atoms with Crippen molar-refractivity contribution in [2.45, 2.75) is 26.7 Å². The fourth-order valence-electron chi connectivity index (χ4n) is 2.39. The minimum Gasteiger partial charge on any atom is -0.494 e. The first-order valence-electron chi connectivity index (χ1n) is 9.42. The van der Waals surface area contributed by atoms with Crippen molar-refractivity contribution < 1.29 is 23.8 Å². The first-order chi connectivity index (χ1) is 13.6. The zero-order chi connectivity index (χ0) is 20.2. The number of hydrogen-bond donors (Lipinski definition) is 1. The van der Waals surface area contributed by atoms with E-state index in [-0.39, 0.29) is 12.5 Å². The SMILES string of the molecule is CCOCCOC(=O)c1ccc(NC(=O)CCCOc2ccc(C)cc2)cc1. The minimum absolute atomic E-state index is 0.0976. The largest absolute Gasteiger partial charge is 0.494 e. The van der Waals surface area contributed by atoms with Crippen molar-refractivity contribution in [2.75, 3.05) is 31.7 Å². The molecule has 150 valence electrons. The molecule has 0 heterocycles. The summed E-state index contributed by atoms with van der Waals surface area (Å²) in [5.41, 5.74) is 2.24. The highest BCUT2D eigenvalue weighted by Crippen LogP contribution is 2.13. The van der Waals surface area contributed by atoms with E-state index in [1.54, 1.807) is 24.3 Å². The van der Waals surface area contributed by atoms with Gasteiger partial charge >= 0.3 is 5.97 Å². The van der Waals surface area contributed by atoms with Gasteiger partial charge in [0.1, 0.15) is 12.4 Å². The van der Waals surface area contributed by atoms with Crippen LogP contribution >= 0.6 is 0 Å². The van der Waals surface area contributed by atoms with Crippen LogP contribution in [0.15, 0.2) is 48.5 Å². The molecule has 1 N–H and O–H groups in total. The van der Waals surface area contributed by atoms with Crippen LogP contribution in [0.3, 0.4) is 0 Å². The third kappa shape index (κ3) is 7.80. The number of carbonyl (C=O) groups is 2. The van der Waals surface area contributed by atoms with E-state index in [9.17, 15) is 9.59 Å². The van der Waals surface area contributed by atoms with E-state index in [1.807, 2.05) is 38.1 Å². The van der Waals surface area contributed by atoms with Gasteiger partial charge in [0.15, 0.2) is 0 Å². The summed E-state index contributed by atoms with van der Waals surface area (Å²) in [5.74, 6) is 0.292. The van der Waals surface area contributed by atoms with E-state index < -0.39 is 5.97 Å². The number of rotatable bonds is 11. The zero-order valence-corrected chi connectivity index (χ0v) is 16.4. The summed E-state index contributed by atoms with van der Waals surface area (Å²) in [4.78, 5) is 23.9. The molecular weight excluding hydrogens is 358 g/mol. The van der Waals surface area contributed by atoms with Gasteiger partial charge in [0, 0.05) is 18.7 Å². The predicted octanol–water partition coefficient (Wildman–Crippen LogP) is 3.99. The lowest BCUT2D eigenvalue weighted by molar-refractivity contribution is -0.116. The van der Waals surface area contributed by atoms with Gasteiger partial charge in [-0.1, -0.05) is 17.7 Å².